The molecule has 0 aromatic carbocycles. The fraction of sp³-hybridized carbons (Fsp3) is 0.778. The Kier molecular flexibility index (Phi) is 4.22. The molecule has 0 spiro atoms. The monoisotopic (exact) mass is 199 g/mol. The summed E-state index contributed by atoms with van der Waals surface area (Å²) < 4.78 is 0. The van der Waals surface area contributed by atoms with Crippen LogP contribution in [0, 0.1) is 5.92 Å². The van der Waals surface area contributed by atoms with Crippen molar-refractivity contribution in [3.8, 4) is 0 Å². The van der Waals surface area contributed by atoms with Gasteiger partial charge < -0.3 is 5.73 Å². The van der Waals surface area contributed by atoms with Gasteiger partial charge in [-0.15, -0.1) is 0 Å². The molecule has 0 saturated heterocycles. The molecule has 0 unspecified atom stereocenters. The number of nitrogens with two attached hydrogens (primary N) is 1. The molecule has 0 heterocycles. The normalized spacial score (nSPS) is 16.6. The number of rotatable bonds is 3. The zero-order chi connectivity index (χ0) is 10.4. The maximum Gasteiger partial charge on any atom is 0.330 e. The van der Waals surface area contributed by atoms with Crippen molar-refractivity contribution < 1.29 is 9.59 Å². The van der Waals surface area contributed by atoms with Crippen molar-refractivity contribution in [2.24, 2.45) is 11.7 Å². The maximum atomic E-state index is 11.1. The number of hydrazine groups is 1. The summed E-state index contributed by atoms with van der Waals surface area (Å²) in [6.45, 7) is 0. The second-order valence-corrected chi connectivity index (χ2v) is 3.73. The van der Waals surface area contributed by atoms with E-state index in [1.165, 1.54) is 25.7 Å². The Morgan fingerprint density at radius 2 is 1.86 bits per heavy atom. The molecule has 4 N–H and O–H groups in total. The third-order valence-corrected chi connectivity index (χ3v) is 2.58. The molecule has 0 radical (unpaired) electrons. The smallest absolute Gasteiger partial charge is 0.330 e. The zero-order valence-electron chi connectivity index (χ0n) is 8.21. The highest BCUT2D eigenvalue weighted by Crippen LogP contribution is 2.28. The Morgan fingerprint density at radius 3 is 2.43 bits per heavy atom. The lowest BCUT2D eigenvalue weighted by atomic mass is 10.0. The third-order valence-electron chi connectivity index (χ3n) is 2.58. The predicted octanol–water partition coefficient (Wildman–Crippen LogP) is 0.656. The van der Waals surface area contributed by atoms with Crippen molar-refractivity contribution >= 4 is 11.9 Å². The highest BCUT2D eigenvalue weighted by molar-refractivity contribution is 5.80. The highest BCUT2D eigenvalue weighted by Gasteiger charge is 2.15. The van der Waals surface area contributed by atoms with Gasteiger partial charge in [-0.2, -0.15) is 0 Å². The van der Waals surface area contributed by atoms with Gasteiger partial charge in [-0.3, -0.25) is 10.2 Å². The minimum absolute atomic E-state index is 0.171. The fourth-order valence-electron chi connectivity index (χ4n) is 1.83. The van der Waals surface area contributed by atoms with Crippen molar-refractivity contribution in [2.45, 2.75) is 38.5 Å². The first-order valence-electron chi connectivity index (χ1n) is 5.03. The van der Waals surface area contributed by atoms with Crippen molar-refractivity contribution in [3.63, 3.8) is 0 Å². The summed E-state index contributed by atoms with van der Waals surface area (Å²) in [4.78, 5) is 21.4. The van der Waals surface area contributed by atoms with Crippen molar-refractivity contribution in [2.75, 3.05) is 0 Å². The van der Waals surface area contributed by atoms with Crippen LogP contribution in [-0.2, 0) is 4.79 Å². The van der Waals surface area contributed by atoms with Crippen LogP contribution in [0.5, 0.6) is 0 Å². The molecular formula is C9H17N3O2. The number of hydrogen-bond donors (Lipinski definition) is 3. The van der Waals surface area contributed by atoms with E-state index in [1.807, 2.05) is 0 Å². The summed E-state index contributed by atoms with van der Waals surface area (Å²) in [5, 5.41) is 0. The first-order valence-corrected chi connectivity index (χ1v) is 5.03. The van der Waals surface area contributed by atoms with Crippen LogP contribution in [0.1, 0.15) is 38.5 Å². The van der Waals surface area contributed by atoms with E-state index in [0.717, 1.165) is 6.42 Å². The van der Waals surface area contributed by atoms with E-state index >= 15 is 0 Å². The van der Waals surface area contributed by atoms with Crippen molar-refractivity contribution in [1.82, 2.24) is 10.9 Å². The van der Waals surface area contributed by atoms with E-state index in [2.05, 4.69) is 10.9 Å². The molecule has 0 bridgehead atoms. The standard InChI is InChI=1S/C9H17N3O2/c10-9(14)12-11-8(13)6-5-7-3-1-2-4-7/h7H,1-6H2,(H,11,13)(H3,10,12,14). The summed E-state index contributed by atoms with van der Waals surface area (Å²) in [5.41, 5.74) is 9.10. The zero-order valence-corrected chi connectivity index (χ0v) is 8.21. The Labute approximate surface area is 83.4 Å². The van der Waals surface area contributed by atoms with Crippen LogP contribution < -0.4 is 16.6 Å². The van der Waals surface area contributed by atoms with Gasteiger partial charge >= 0.3 is 6.03 Å². The molecule has 0 atom stereocenters. The van der Waals surface area contributed by atoms with Crippen LogP contribution in [0.25, 0.3) is 0 Å². The molecule has 14 heavy (non-hydrogen) atoms. The molecule has 1 aliphatic carbocycles. The summed E-state index contributed by atoms with van der Waals surface area (Å²) in [5.74, 6) is 0.519. The Balaban J connectivity index is 2.05. The second kappa shape index (κ2) is 5.47. The first-order chi connectivity index (χ1) is 6.68. The van der Waals surface area contributed by atoms with Crippen molar-refractivity contribution in [3.05, 3.63) is 0 Å². The van der Waals surface area contributed by atoms with Crippen LogP contribution in [0.4, 0.5) is 4.79 Å². The molecule has 1 saturated carbocycles. The van der Waals surface area contributed by atoms with Gasteiger partial charge in [0.05, 0.1) is 0 Å². The van der Waals surface area contributed by atoms with Gasteiger partial charge in [0.25, 0.3) is 0 Å². The molecule has 5 heteroatoms. The first kappa shape index (κ1) is 10.8. The fourth-order valence-corrected chi connectivity index (χ4v) is 1.83. The third kappa shape index (κ3) is 4.11. The van der Waals surface area contributed by atoms with Gasteiger partial charge in [0.1, 0.15) is 0 Å². The SMILES string of the molecule is NC(=O)NNC(=O)CCC1CCCC1. The molecule has 1 aliphatic rings. The van der Waals surface area contributed by atoms with Crippen molar-refractivity contribution in [1.29, 1.82) is 0 Å². The number of nitrogens with one attached hydrogen (secondary N) is 2. The lowest BCUT2D eigenvalue weighted by Gasteiger charge is -2.08. The number of urea groups is 1. The number of amides is 3. The largest absolute Gasteiger partial charge is 0.350 e. The van der Waals surface area contributed by atoms with Crippen LogP contribution in [0.3, 0.4) is 0 Å². The molecular weight excluding hydrogens is 182 g/mol. The van der Waals surface area contributed by atoms with Crippen LogP contribution >= 0.6 is 0 Å². The number of hydrogen-bond acceptors (Lipinski definition) is 2. The lowest BCUT2D eigenvalue weighted by Crippen LogP contribution is -2.44. The van der Waals surface area contributed by atoms with E-state index in [9.17, 15) is 9.59 Å². The molecule has 0 aromatic rings. The Hall–Kier alpha value is -1.26. The summed E-state index contributed by atoms with van der Waals surface area (Å²) >= 11 is 0. The summed E-state index contributed by atoms with van der Waals surface area (Å²) in [6.07, 6.45) is 6.40. The Morgan fingerprint density at radius 1 is 1.21 bits per heavy atom. The van der Waals surface area contributed by atoms with Crippen LogP contribution in [0.15, 0.2) is 0 Å². The number of carbonyl (C=O) groups excluding carboxylic acids is 2. The lowest BCUT2D eigenvalue weighted by molar-refractivity contribution is -0.122. The topological polar surface area (TPSA) is 84.2 Å². The number of carbonyl (C=O) groups is 2. The minimum Gasteiger partial charge on any atom is -0.350 e. The minimum atomic E-state index is -0.737. The molecule has 3 amide bonds. The predicted molar refractivity (Wildman–Crippen MR) is 52.1 cm³/mol. The van der Waals surface area contributed by atoms with E-state index < -0.39 is 6.03 Å². The molecule has 80 valence electrons. The van der Waals surface area contributed by atoms with Gasteiger partial charge in [0.2, 0.25) is 5.91 Å². The van der Waals surface area contributed by atoms with Crippen LogP contribution in [0.2, 0.25) is 0 Å². The van der Waals surface area contributed by atoms with E-state index in [-0.39, 0.29) is 5.91 Å². The average Bonchev–Trinajstić information content (AvgIpc) is 2.63. The van der Waals surface area contributed by atoms with E-state index in [4.69, 9.17) is 5.73 Å². The maximum absolute atomic E-state index is 11.1. The van der Waals surface area contributed by atoms with E-state index in [0.29, 0.717) is 12.3 Å². The van der Waals surface area contributed by atoms with Gasteiger partial charge in [0.15, 0.2) is 0 Å². The molecule has 1 rings (SSSR count). The average molecular weight is 199 g/mol. The molecule has 5 nitrogen and oxygen atoms in total. The van der Waals surface area contributed by atoms with Crippen LogP contribution in [-0.4, -0.2) is 11.9 Å². The summed E-state index contributed by atoms with van der Waals surface area (Å²) in [7, 11) is 0. The second-order valence-electron chi connectivity index (χ2n) is 3.73. The molecule has 1 fully saturated rings. The summed E-state index contributed by atoms with van der Waals surface area (Å²) in [6, 6.07) is -0.737. The van der Waals surface area contributed by atoms with Gasteiger partial charge in [0, 0.05) is 6.42 Å². The van der Waals surface area contributed by atoms with Gasteiger partial charge in [-0.05, 0) is 12.3 Å². The molecule has 0 aliphatic heterocycles. The van der Waals surface area contributed by atoms with Gasteiger partial charge in [-0.25, -0.2) is 10.2 Å². The highest BCUT2D eigenvalue weighted by atomic mass is 16.2. The number of primary amides is 1. The Bertz CT molecular complexity index is 212. The van der Waals surface area contributed by atoms with E-state index in [1.54, 1.807) is 0 Å². The quantitative estimate of drug-likeness (QED) is 0.583. The van der Waals surface area contributed by atoms with Gasteiger partial charge in [-0.1, -0.05) is 25.7 Å². The molecule has 0 aromatic heterocycles.